The van der Waals surface area contributed by atoms with Crippen LogP contribution in [-0.4, -0.2) is 36.1 Å². The third-order valence-electron chi connectivity index (χ3n) is 3.04. The maximum atomic E-state index is 11.4. The first kappa shape index (κ1) is 14.2. The number of carbonyl (C=O) groups excluding carboxylic acids is 1. The molecule has 0 spiro atoms. The smallest absolute Gasteiger partial charge is 0.307 e. The SMILES string of the molecule is CCOC(=O)CCN(C)c1nc2ccccc2nc1C. The Hall–Kier alpha value is -2.17. The Morgan fingerprint density at radius 2 is 1.90 bits per heavy atom. The quantitative estimate of drug-likeness (QED) is 0.783. The number of aromatic nitrogens is 2. The topological polar surface area (TPSA) is 55.3 Å². The first-order valence-corrected chi connectivity index (χ1v) is 6.72. The second-order valence-corrected chi connectivity index (χ2v) is 4.60. The summed E-state index contributed by atoms with van der Waals surface area (Å²) < 4.78 is 4.93. The zero-order valence-electron chi connectivity index (χ0n) is 12.1. The van der Waals surface area contributed by atoms with Gasteiger partial charge in [0, 0.05) is 13.6 Å². The summed E-state index contributed by atoms with van der Waals surface area (Å²) in [6.45, 7) is 4.71. The van der Waals surface area contributed by atoms with Crippen molar-refractivity contribution in [2.45, 2.75) is 20.3 Å². The minimum atomic E-state index is -0.189. The summed E-state index contributed by atoms with van der Waals surface area (Å²) in [5, 5.41) is 0. The van der Waals surface area contributed by atoms with Gasteiger partial charge in [0.05, 0.1) is 29.8 Å². The number of para-hydroxylation sites is 2. The summed E-state index contributed by atoms with van der Waals surface area (Å²) in [5.41, 5.74) is 2.60. The van der Waals surface area contributed by atoms with Crippen LogP contribution in [0, 0.1) is 6.92 Å². The molecule has 0 saturated carbocycles. The third-order valence-corrected chi connectivity index (χ3v) is 3.04. The average molecular weight is 273 g/mol. The Labute approximate surface area is 118 Å². The van der Waals surface area contributed by atoms with Crippen LogP contribution in [-0.2, 0) is 9.53 Å². The molecule has 0 fully saturated rings. The van der Waals surface area contributed by atoms with Gasteiger partial charge >= 0.3 is 5.97 Å². The Bertz CT molecular complexity index is 613. The first-order valence-electron chi connectivity index (χ1n) is 6.72. The van der Waals surface area contributed by atoms with E-state index < -0.39 is 0 Å². The molecule has 2 aromatic rings. The van der Waals surface area contributed by atoms with E-state index in [-0.39, 0.29) is 5.97 Å². The van der Waals surface area contributed by atoms with Crippen molar-refractivity contribution < 1.29 is 9.53 Å². The van der Waals surface area contributed by atoms with Crippen LogP contribution in [0.2, 0.25) is 0 Å². The van der Waals surface area contributed by atoms with Crippen molar-refractivity contribution >= 4 is 22.8 Å². The lowest BCUT2D eigenvalue weighted by molar-refractivity contribution is -0.142. The van der Waals surface area contributed by atoms with E-state index in [1.807, 2.05) is 43.1 Å². The van der Waals surface area contributed by atoms with Gasteiger partial charge in [0.15, 0.2) is 5.82 Å². The summed E-state index contributed by atoms with van der Waals surface area (Å²) in [7, 11) is 1.91. The van der Waals surface area contributed by atoms with Crippen molar-refractivity contribution in [1.29, 1.82) is 0 Å². The summed E-state index contributed by atoms with van der Waals surface area (Å²) in [6, 6.07) is 7.76. The molecule has 5 heteroatoms. The molecule has 0 N–H and O–H groups in total. The molecular formula is C15H19N3O2. The largest absolute Gasteiger partial charge is 0.466 e. The number of fused-ring (bicyclic) bond motifs is 1. The van der Waals surface area contributed by atoms with Crippen LogP contribution in [0.25, 0.3) is 11.0 Å². The molecule has 0 aliphatic heterocycles. The van der Waals surface area contributed by atoms with Gasteiger partial charge in [-0.3, -0.25) is 4.79 Å². The molecule has 1 aromatic heterocycles. The Morgan fingerprint density at radius 1 is 1.25 bits per heavy atom. The molecule has 0 atom stereocenters. The summed E-state index contributed by atoms with van der Waals surface area (Å²) >= 11 is 0. The zero-order valence-corrected chi connectivity index (χ0v) is 12.1. The molecule has 20 heavy (non-hydrogen) atoms. The van der Waals surface area contributed by atoms with Crippen molar-refractivity contribution in [3.63, 3.8) is 0 Å². The molecule has 0 unspecified atom stereocenters. The molecular weight excluding hydrogens is 254 g/mol. The van der Waals surface area contributed by atoms with E-state index in [2.05, 4.69) is 9.97 Å². The van der Waals surface area contributed by atoms with Gasteiger partial charge in [-0.15, -0.1) is 0 Å². The predicted molar refractivity (Wildman–Crippen MR) is 78.8 cm³/mol. The highest BCUT2D eigenvalue weighted by Gasteiger charge is 2.11. The molecule has 1 heterocycles. The standard InChI is InChI=1S/C15H19N3O2/c1-4-20-14(19)9-10-18(3)15-11(2)16-12-7-5-6-8-13(12)17-15/h5-8H,4,9-10H2,1-3H3. The van der Waals surface area contributed by atoms with Crippen molar-refractivity contribution in [1.82, 2.24) is 9.97 Å². The highest BCUT2D eigenvalue weighted by atomic mass is 16.5. The molecule has 0 bridgehead atoms. The minimum Gasteiger partial charge on any atom is -0.466 e. The number of carbonyl (C=O) groups is 1. The van der Waals surface area contributed by atoms with Gasteiger partial charge < -0.3 is 9.64 Å². The van der Waals surface area contributed by atoms with Gasteiger partial charge in [0.25, 0.3) is 0 Å². The maximum Gasteiger partial charge on any atom is 0.307 e. The number of anilines is 1. The molecule has 5 nitrogen and oxygen atoms in total. The second-order valence-electron chi connectivity index (χ2n) is 4.60. The van der Waals surface area contributed by atoms with E-state index in [4.69, 9.17) is 4.74 Å². The van der Waals surface area contributed by atoms with E-state index in [0.29, 0.717) is 19.6 Å². The Balaban J connectivity index is 2.15. The van der Waals surface area contributed by atoms with Crippen molar-refractivity contribution in [2.24, 2.45) is 0 Å². The van der Waals surface area contributed by atoms with Crippen LogP contribution in [0.4, 0.5) is 5.82 Å². The van der Waals surface area contributed by atoms with E-state index in [1.54, 1.807) is 6.92 Å². The molecule has 0 radical (unpaired) electrons. The highest BCUT2D eigenvalue weighted by molar-refractivity contribution is 5.76. The zero-order chi connectivity index (χ0) is 14.5. The van der Waals surface area contributed by atoms with E-state index in [1.165, 1.54) is 0 Å². The minimum absolute atomic E-state index is 0.189. The molecule has 106 valence electrons. The van der Waals surface area contributed by atoms with Gasteiger partial charge in [-0.25, -0.2) is 9.97 Å². The van der Waals surface area contributed by atoms with Gasteiger partial charge in [-0.1, -0.05) is 12.1 Å². The number of esters is 1. The van der Waals surface area contributed by atoms with Crippen LogP contribution in [0.5, 0.6) is 0 Å². The number of ether oxygens (including phenoxy) is 1. The van der Waals surface area contributed by atoms with Crippen LogP contribution in [0.1, 0.15) is 19.0 Å². The fourth-order valence-electron chi connectivity index (χ4n) is 2.04. The average Bonchev–Trinajstić information content (AvgIpc) is 2.44. The Morgan fingerprint density at radius 3 is 2.55 bits per heavy atom. The molecule has 0 aliphatic rings. The number of rotatable bonds is 5. The number of nitrogens with zero attached hydrogens (tertiary/aromatic N) is 3. The van der Waals surface area contributed by atoms with Crippen LogP contribution in [0.3, 0.4) is 0 Å². The van der Waals surface area contributed by atoms with Crippen molar-refractivity contribution in [2.75, 3.05) is 25.1 Å². The number of hydrogen-bond donors (Lipinski definition) is 0. The fourth-order valence-corrected chi connectivity index (χ4v) is 2.04. The van der Waals surface area contributed by atoms with Crippen molar-refractivity contribution in [3.8, 4) is 0 Å². The molecule has 1 aromatic carbocycles. The van der Waals surface area contributed by atoms with Gasteiger partial charge in [0.2, 0.25) is 0 Å². The third kappa shape index (κ3) is 3.23. The number of aryl methyl sites for hydroxylation is 1. The van der Waals surface area contributed by atoms with E-state index >= 15 is 0 Å². The van der Waals surface area contributed by atoms with Crippen LogP contribution in [0.15, 0.2) is 24.3 Å². The van der Waals surface area contributed by atoms with Gasteiger partial charge in [-0.2, -0.15) is 0 Å². The molecule has 0 saturated heterocycles. The second kappa shape index (κ2) is 6.32. The number of hydrogen-bond acceptors (Lipinski definition) is 5. The fraction of sp³-hybridized carbons (Fsp3) is 0.400. The molecule has 0 amide bonds. The highest BCUT2D eigenvalue weighted by Crippen LogP contribution is 2.18. The lowest BCUT2D eigenvalue weighted by atomic mass is 10.3. The lowest BCUT2D eigenvalue weighted by Crippen LogP contribution is -2.24. The summed E-state index contributed by atoms with van der Waals surface area (Å²) in [4.78, 5) is 22.5. The normalized spacial score (nSPS) is 10.6. The lowest BCUT2D eigenvalue weighted by Gasteiger charge is -2.19. The van der Waals surface area contributed by atoms with E-state index in [0.717, 1.165) is 22.5 Å². The monoisotopic (exact) mass is 273 g/mol. The maximum absolute atomic E-state index is 11.4. The van der Waals surface area contributed by atoms with Crippen LogP contribution < -0.4 is 4.90 Å². The van der Waals surface area contributed by atoms with E-state index in [9.17, 15) is 4.79 Å². The molecule has 2 rings (SSSR count). The van der Waals surface area contributed by atoms with Gasteiger partial charge in [-0.05, 0) is 26.0 Å². The predicted octanol–water partition coefficient (Wildman–Crippen LogP) is 2.33. The first-order chi connectivity index (χ1) is 9.61. The summed E-state index contributed by atoms with van der Waals surface area (Å²) in [5.74, 6) is 0.610. The van der Waals surface area contributed by atoms with Crippen molar-refractivity contribution in [3.05, 3.63) is 30.0 Å². The number of benzene rings is 1. The van der Waals surface area contributed by atoms with Gasteiger partial charge in [0.1, 0.15) is 0 Å². The molecule has 0 aliphatic carbocycles. The summed E-state index contributed by atoms with van der Waals surface area (Å²) in [6.07, 6.45) is 0.346. The Kier molecular flexibility index (Phi) is 4.50. The van der Waals surface area contributed by atoms with Crippen LogP contribution >= 0.6 is 0 Å².